The molecule has 102 valence electrons. The summed E-state index contributed by atoms with van der Waals surface area (Å²) in [5.41, 5.74) is 1.22. The quantitative estimate of drug-likeness (QED) is 0.879. The summed E-state index contributed by atoms with van der Waals surface area (Å²) in [6.07, 6.45) is 1.66. The van der Waals surface area contributed by atoms with Crippen LogP contribution >= 0.6 is 15.9 Å². The van der Waals surface area contributed by atoms with Crippen molar-refractivity contribution in [3.63, 3.8) is 0 Å². The third-order valence-electron chi connectivity index (χ3n) is 2.69. The molecule has 2 N–H and O–H groups in total. The number of hydrogen-bond donors (Lipinski definition) is 2. The fourth-order valence-corrected chi connectivity index (χ4v) is 2.13. The van der Waals surface area contributed by atoms with Crippen LogP contribution in [0.3, 0.4) is 0 Å². The van der Waals surface area contributed by atoms with E-state index in [4.69, 9.17) is 0 Å². The van der Waals surface area contributed by atoms with Gasteiger partial charge in [0.2, 0.25) is 0 Å². The van der Waals surface area contributed by atoms with Crippen LogP contribution in [-0.4, -0.2) is 16.5 Å². The second-order valence-electron chi connectivity index (χ2n) is 4.89. The largest absolute Gasteiger partial charge is 0.341 e. The summed E-state index contributed by atoms with van der Waals surface area (Å²) in [5.74, 6) is 1.15. The van der Waals surface area contributed by atoms with Crippen molar-refractivity contribution in [3.05, 3.63) is 40.5 Å². The van der Waals surface area contributed by atoms with E-state index in [0.29, 0.717) is 23.7 Å². The molecule has 0 spiro atoms. The van der Waals surface area contributed by atoms with E-state index in [2.05, 4.69) is 45.1 Å². The summed E-state index contributed by atoms with van der Waals surface area (Å²) < 4.78 is 14.6. The molecular weight excluding hydrogens is 309 g/mol. The van der Waals surface area contributed by atoms with E-state index in [1.54, 1.807) is 18.3 Å². The highest BCUT2D eigenvalue weighted by atomic mass is 79.9. The second-order valence-corrected chi connectivity index (χ2v) is 5.81. The summed E-state index contributed by atoms with van der Waals surface area (Å²) in [7, 11) is 0. The third kappa shape index (κ3) is 3.88. The molecule has 0 aliphatic rings. The fraction of sp³-hybridized carbons (Fsp3) is 0.357. The highest BCUT2D eigenvalue weighted by Crippen LogP contribution is 2.24. The van der Waals surface area contributed by atoms with Crippen LogP contribution in [0.1, 0.15) is 19.7 Å². The number of aromatic nitrogens is 2. The summed E-state index contributed by atoms with van der Waals surface area (Å²) in [4.78, 5) is 7.40. The monoisotopic (exact) mass is 325 g/mol. The van der Waals surface area contributed by atoms with Gasteiger partial charge in [-0.3, -0.25) is 0 Å². The average molecular weight is 326 g/mol. The molecule has 5 heteroatoms. The molecule has 3 nitrogen and oxygen atoms in total. The van der Waals surface area contributed by atoms with Crippen molar-refractivity contribution >= 4 is 15.9 Å². The van der Waals surface area contributed by atoms with Crippen LogP contribution in [0.4, 0.5) is 4.39 Å². The first-order valence-electron chi connectivity index (χ1n) is 6.26. The Morgan fingerprint density at radius 2 is 2.21 bits per heavy atom. The number of nitrogens with one attached hydrogen (secondary N) is 2. The molecule has 0 bridgehead atoms. The molecule has 0 saturated heterocycles. The molecule has 0 saturated carbocycles. The van der Waals surface area contributed by atoms with E-state index in [0.717, 1.165) is 16.8 Å². The van der Waals surface area contributed by atoms with Crippen molar-refractivity contribution in [1.82, 2.24) is 15.3 Å². The number of aromatic amines is 1. The van der Waals surface area contributed by atoms with Gasteiger partial charge in [-0.05, 0) is 30.7 Å². The van der Waals surface area contributed by atoms with Crippen LogP contribution in [-0.2, 0) is 6.54 Å². The van der Waals surface area contributed by atoms with Crippen LogP contribution in [0.2, 0.25) is 0 Å². The van der Waals surface area contributed by atoms with Gasteiger partial charge >= 0.3 is 0 Å². The van der Waals surface area contributed by atoms with Crippen molar-refractivity contribution in [2.24, 2.45) is 5.92 Å². The number of imidazole rings is 1. The van der Waals surface area contributed by atoms with E-state index in [-0.39, 0.29) is 5.82 Å². The van der Waals surface area contributed by atoms with Crippen molar-refractivity contribution in [1.29, 1.82) is 0 Å². The summed E-state index contributed by atoms with van der Waals surface area (Å²) in [6.45, 7) is 5.89. The first-order chi connectivity index (χ1) is 9.06. The number of halogens is 2. The predicted molar refractivity (Wildman–Crippen MR) is 78.2 cm³/mol. The van der Waals surface area contributed by atoms with E-state index in [1.807, 2.05) is 0 Å². The van der Waals surface area contributed by atoms with Gasteiger partial charge in [-0.15, -0.1) is 0 Å². The minimum Gasteiger partial charge on any atom is -0.341 e. The van der Waals surface area contributed by atoms with E-state index < -0.39 is 0 Å². The normalized spacial score (nSPS) is 11.2. The standard InChI is InChI=1S/C14H17BrFN3/c1-9(2)6-17-8-14-18-7-13(19-14)11-5-10(15)3-4-12(11)16/h3-5,7,9,17H,6,8H2,1-2H3,(H,18,19). The van der Waals surface area contributed by atoms with Crippen molar-refractivity contribution < 1.29 is 4.39 Å². The molecule has 0 radical (unpaired) electrons. The Morgan fingerprint density at radius 3 is 2.95 bits per heavy atom. The maximum Gasteiger partial charge on any atom is 0.132 e. The van der Waals surface area contributed by atoms with Crippen molar-refractivity contribution in [3.8, 4) is 11.3 Å². The maximum absolute atomic E-state index is 13.7. The predicted octanol–water partition coefficient (Wildman–Crippen LogP) is 3.72. The Balaban J connectivity index is 2.10. The van der Waals surface area contributed by atoms with E-state index >= 15 is 0 Å². The van der Waals surface area contributed by atoms with E-state index in [1.165, 1.54) is 6.07 Å². The zero-order chi connectivity index (χ0) is 13.8. The van der Waals surface area contributed by atoms with Gasteiger partial charge in [-0.2, -0.15) is 0 Å². The molecule has 0 aliphatic carbocycles. The second kappa shape index (κ2) is 6.30. The Kier molecular flexibility index (Phi) is 4.71. The van der Waals surface area contributed by atoms with Gasteiger partial charge in [-0.25, -0.2) is 9.37 Å². The van der Waals surface area contributed by atoms with Crippen LogP contribution in [0.25, 0.3) is 11.3 Å². The van der Waals surface area contributed by atoms with Gasteiger partial charge in [0.05, 0.1) is 18.4 Å². The van der Waals surface area contributed by atoms with Gasteiger partial charge < -0.3 is 10.3 Å². The number of hydrogen-bond acceptors (Lipinski definition) is 2. The van der Waals surface area contributed by atoms with Crippen LogP contribution in [0.15, 0.2) is 28.9 Å². The molecule has 1 aromatic carbocycles. The summed E-state index contributed by atoms with van der Waals surface area (Å²) in [5, 5.41) is 3.30. The molecule has 2 aromatic rings. The molecular formula is C14H17BrFN3. The third-order valence-corrected chi connectivity index (χ3v) is 3.19. The average Bonchev–Trinajstić information content (AvgIpc) is 2.80. The van der Waals surface area contributed by atoms with Gasteiger partial charge in [0, 0.05) is 10.0 Å². The minimum absolute atomic E-state index is 0.256. The molecule has 1 aromatic heterocycles. The first-order valence-corrected chi connectivity index (χ1v) is 7.05. The lowest BCUT2D eigenvalue weighted by Gasteiger charge is -2.05. The highest BCUT2D eigenvalue weighted by Gasteiger charge is 2.09. The molecule has 0 amide bonds. The number of benzene rings is 1. The Hall–Kier alpha value is -1.20. The van der Waals surface area contributed by atoms with Gasteiger partial charge in [-0.1, -0.05) is 29.8 Å². The van der Waals surface area contributed by atoms with Crippen LogP contribution < -0.4 is 5.32 Å². The molecule has 0 unspecified atom stereocenters. The van der Waals surface area contributed by atoms with Gasteiger partial charge in [0.25, 0.3) is 0 Å². The molecule has 19 heavy (non-hydrogen) atoms. The van der Waals surface area contributed by atoms with Gasteiger partial charge in [0.1, 0.15) is 11.6 Å². The van der Waals surface area contributed by atoms with Crippen molar-refractivity contribution in [2.45, 2.75) is 20.4 Å². The molecule has 1 heterocycles. The molecule has 0 atom stereocenters. The highest BCUT2D eigenvalue weighted by molar-refractivity contribution is 9.10. The van der Waals surface area contributed by atoms with Crippen molar-refractivity contribution in [2.75, 3.05) is 6.54 Å². The summed E-state index contributed by atoms with van der Waals surface area (Å²) in [6, 6.07) is 4.87. The Morgan fingerprint density at radius 1 is 1.42 bits per heavy atom. The molecule has 2 rings (SSSR count). The minimum atomic E-state index is -0.256. The number of rotatable bonds is 5. The Bertz CT molecular complexity index is 551. The lowest BCUT2D eigenvalue weighted by atomic mass is 10.1. The lowest BCUT2D eigenvalue weighted by molar-refractivity contribution is 0.544. The topological polar surface area (TPSA) is 40.7 Å². The SMILES string of the molecule is CC(C)CNCc1ncc(-c2cc(Br)ccc2F)[nH]1. The molecule has 0 fully saturated rings. The van der Waals surface area contributed by atoms with Crippen LogP contribution in [0, 0.1) is 11.7 Å². The number of H-pyrrole nitrogens is 1. The maximum atomic E-state index is 13.7. The molecule has 0 aliphatic heterocycles. The lowest BCUT2D eigenvalue weighted by Crippen LogP contribution is -2.19. The van der Waals surface area contributed by atoms with E-state index in [9.17, 15) is 4.39 Å². The smallest absolute Gasteiger partial charge is 0.132 e. The zero-order valence-corrected chi connectivity index (χ0v) is 12.6. The van der Waals surface area contributed by atoms with Gasteiger partial charge in [0.15, 0.2) is 0 Å². The van der Waals surface area contributed by atoms with Crippen LogP contribution in [0.5, 0.6) is 0 Å². The number of nitrogens with zero attached hydrogens (tertiary/aromatic N) is 1. The summed E-state index contributed by atoms with van der Waals surface area (Å²) >= 11 is 3.34. The first kappa shape index (κ1) is 14.2. The Labute approximate surface area is 120 Å². The zero-order valence-electron chi connectivity index (χ0n) is 11.0. The fourth-order valence-electron chi connectivity index (χ4n) is 1.77.